The van der Waals surface area contributed by atoms with Gasteiger partial charge in [-0.25, -0.2) is 0 Å². The number of hydrogen-bond donors (Lipinski definition) is 0. The number of rotatable bonds is 5. The lowest BCUT2D eigenvalue weighted by Crippen LogP contribution is -2.06. The van der Waals surface area contributed by atoms with Gasteiger partial charge in [0.05, 0.1) is 25.9 Å². The minimum Gasteiger partial charge on any atom is -0.493 e. The first-order valence-electron chi connectivity index (χ1n) is 7.02. The van der Waals surface area contributed by atoms with E-state index in [4.69, 9.17) is 14.2 Å². The Morgan fingerprint density at radius 2 is 1.45 bits per heavy atom. The molecule has 0 heterocycles. The largest absolute Gasteiger partial charge is 0.493 e. The van der Waals surface area contributed by atoms with Crippen LogP contribution in [0.15, 0.2) is 36.4 Å². The molecule has 4 heteroatoms. The maximum atomic E-state index is 9.31. The second-order valence-electron chi connectivity index (χ2n) is 5.06. The molecule has 114 valence electrons. The summed E-state index contributed by atoms with van der Waals surface area (Å²) in [6.07, 6.45) is 0.0269. The van der Waals surface area contributed by atoms with E-state index in [1.54, 1.807) is 14.2 Å². The molecular weight excluding hydrogens is 278 g/mol. The highest BCUT2D eigenvalue weighted by molar-refractivity contribution is 5.70. The fourth-order valence-electron chi connectivity index (χ4n) is 2.17. The molecule has 0 radical (unpaired) electrons. The number of nitriles is 1. The van der Waals surface area contributed by atoms with Gasteiger partial charge in [-0.2, -0.15) is 5.26 Å². The second kappa shape index (κ2) is 6.86. The average Bonchev–Trinajstić information content (AvgIpc) is 2.54. The van der Waals surface area contributed by atoms with Gasteiger partial charge in [0.15, 0.2) is 11.5 Å². The smallest absolute Gasteiger partial charge is 0.161 e. The van der Waals surface area contributed by atoms with Crippen LogP contribution in [0.5, 0.6) is 17.2 Å². The van der Waals surface area contributed by atoms with Gasteiger partial charge < -0.3 is 14.2 Å². The van der Waals surface area contributed by atoms with E-state index in [1.165, 1.54) is 0 Å². The number of benzene rings is 2. The topological polar surface area (TPSA) is 51.5 Å². The van der Waals surface area contributed by atoms with Gasteiger partial charge in [-0.3, -0.25) is 0 Å². The van der Waals surface area contributed by atoms with Crippen LogP contribution < -0.4 is 14.2 Å². The Morgan fingerprint density at radius 3 is 2.00 bits per heavy atom. The zero-order valence-corrected chi connectivity index (χ0v) is 13.2. The Balaban J connectivity index is 2.43. The third-order valence-corrected chi connectivity index (χ3v) is 3.18. The normalized spacial score (nSPS) is 10.2. The molecule has 0 spiro atoms. The molecule has 0 saturated carbocycles. The molecule has 0 bridgehead atoms. The summed E-state index contributed by atoms with van der Waals surface area (Å²) >= 11 is 0. The number of ether oxygens (including phenoxy) is 3. The molecule has 2 aromatic carbocycles. The van der Waals surface area contributed by atoms with Crippen LogP contribution in [0.4, 0.5) is 0 Å². The Labute approximate surface area is 130 Å². The van der Waals surface area contributed by atoms with Gasteiger partial charge in [-0.1, -0.05) is 12.1 Å². The van der Waals surface area contributed by atoms with E-state index in [0.717, 1.165) is 11.1 Å². The van der Waals surface area contributed by atoms with E-state index in [1.807, 2.05) is 50.2 Å². The minimum absolute atomic E-state index is 0.0269. The van der Waals surface area contributed by atoms with Crippen molar-refractivity contribution in [3.63, 3.8) is 0 Å². The van der Waals surface area contributed by atoms with Gasteiger partial charge in [-0.15, -0.1) is 0 Å². The highest BCUT2D eigenvalue weighted by atomic mass is 16.5. The highest BCUT2D eigenvalue weighted by Crippen LogP contribution is 2.34. The summed E-state index contributed by atoms with van der Waals surface area (Å²) in [4.78, 5) is 0. The predicted molar refractivity (Wildman–Crippen MR) is 85.5 cm³/mol. The quantitative estimate of drug-likeness (QED) is 0.836. The summed E-state index contributed by atoms with van der Waals surface area (Å²) in [5.41, 5.74) is 2.39. The van der Waals surface area contributed by atoms with Crippen molar-refractivity contribution in [2.75, 3.05) is 14.2 Å². The van der Waals surface area contributed by atoms with Crippen LogP contribution in [0.25, 0.3) is 11.1 Å². The maximum absolute atomic E-state index is 9.31. The van der Waals surface area contributed by atoms with Gasteiger partial charge in [0, 0.05) is 0 Å². The molecule has 4 nitrogen and oxygen atoms in total. The molecule has 2 rings (SSSR count). The van der Waals surface area contributed by atoms with Gasteiger partial charge >= 0.3 is 0 Å². The predicted octanol–water partition coefficient (Wildman–Crippen LogP) is 4.03. The van der Waals surface area contributed by atoms with Gasteiger partial charge in [0.25, 0.3) is 0 Å². The maximum Gasteiger partial charge on any atom is 0.161 e. The summed E-state index contributed by atoms with van der Waals surface area (Å²) in [6.45, 7) is 3.87. The fraction of sp³-hybridized carbons (Fsp3) is 0.278. The van der Waals surface area contributed by atoms with Crippen LogP contribution in [0.1, 0.15) is 19.4 Å². The Bertz CT molecular complexity index is 702. The van der Waals surface area contributed by atoms with Crippen LogP contribution in [0, 0.1) is 11.3 Å². The lowest BCUT2D eigenvalue weighted by molar-refractivity contribution is 0.242. The molecule has 2 aromatic rings. The minimum atomic E-state index is 0.0269. The first kappa shape index (κ1) is 15.7. The Kier molecular flexibility index (Phi) is 4.90. The molecule has 0 unspecified atom stereocenters. The second-order valence-corrected chi connectivity index (χ2v) is 5.06. The molecule has 22 heavy (non-hydrogen) atoms. The molecule has 0 atom stereocenters. The van der Waals surface area contributed by atoms with Crippen molar-refractivity contribution in [2.45, 2.75) is 20.0 Å². The van der Waals surface area contributed by atoms with Crippen molar-refractivity contribution < 1.29 is 14.2 Å². The molecular formula is C18H19NO3. The Morgan fingerprint density at radius 1 is 0.864 bits per heavy atom. The van der Waals surface area contributed by atoms with Crippen LogP contribution >= 0.6 is 0 Å². The molecule has 0 aromatic heterocycles. The molecule has 0 saturated heterocycles. The van der Waals surface area contributed by atoms with Crippen molar-refractivity contribution in [1.29, 1.82) is 5.26 Å². The third kappa shape index (κ3) is 3.32. The van der Waals surface area contributed by atoms with E-state index >= 15 is 0 Å². The van der Waals surface area contributed by atoms with Gasteiger partial charge in [0.1, 0.15) is 11.8 Å². The average molecular weight is 297 g/mol. The number of methoxy groups -OCH3 is 2. The summed E-state index contributed by atoms with van der Waals surface area (Å²) < 4.78 is 16.2. The molecule has 0 aliphatic rings. The molecule has 0 aliphatic heterocycles. The number of hydrogen-bond acceptors (Lipinski definition) is 4. The summed E-state index contributed by atoms with van der Waals surface area (Å²) in [6, 6.07) is 13.4. The summed E-state index contributed by atoms with van der Waals surface area (Å²) in [7, 11) is 3.20. The molecule has 0 N–H and O–H groups in total. The van der Waals surface area contributed by atoms with Crippen LogP contribution in [0.2, 0.25) is 0 Å². The van der Waals surface area contributed by atoms with Gasteiger partial charge in [-0.05, 0) is 49.2 Å². The van der Waals surface area contributed by atoms with E-state index < -0.39 is 0 Å². The molecule has 0 amide bonds. The van der Waals surface area contributed by atoms with Gasteiger partial charge in [0.2, 0.25) is 0 Å². The van der Waals surface area contributed by atoms with Crippen molar-refractivity contribution in [2.24, 2.45) is 0 Å². The van der Waals surface area contributed by atoms with E-state index in [0.29, 0.717) is 22.8 Å². The number of nitrogens with zero attached hydrogens (tertiary/aromatic N) is 1. The summed E-state index contributed by atoms with van der Waals surface area (Å²) in [5.74, 6) is 1.93. The lowest BCUT2D eigenvalue weighted by Gasteiger charge is -2.13. The van der Waals surface area contributed by atoms with Crippen LogP contribution in [-0.2, 0) is 0 Å². The monoisotopic (exact) mass is 297 g/mol. The standard InChI is InChI=1S/C18H19NO3/c1-12(2)22-16-7-5-13(9-15(16)11-19)14-6-8-17(20-3)18(10-14)21-4/h5-10,12H,1-4H3. The molecule has 0 aliphatic carbocycles. The first-order valence-corrected chi connectivity index (χ1v) is 7.02. The highest BCUT2D eigenvalue weighted by Gasteiger charge is 2.10. The first-order chi connectivity index (χ1) is 10.6. The molecule has 0 fully saturated rings. The van der Waals surface area contributed by atoms with Crippen molar-refractivity contribution in [3.8, 4) is 34.4 Å². The third-order valence-electron chi connectivity index (χ3n) is 3.18. The lowest BCUT2D eigenvalue weighted by atomic mass is 10.0. The van der Waals surface area contributed by atoms with E-state index in [2.05, 4.69) is 6.07 Å². The zero-order chi connectivity index (χ0) is 16.1. The van der Waals surface area contributed by atoms with Crippen molar-refractivity contribution in [3.05, 3.63) is 42.0 Å². The van der Waals surface area contributed by atoms with E-state index in [9.17, 15) is 5.26 Å². The summed E-state index contributed by atoms with van der Waals surface area (Å²) in [5, 5.41) is 9.31. The van der Waals surface area contributed by atoms with E-state index in [-0.39, 0.29) is 6.10 Å². The fourth-order valence-corrected chi connectivity index (χ4v) is 2.17. The zero-order valence-electron chi connectivity index (χ0n) is 13.2. The Hall–Kier alpha value is -2.67. The van der Waals surface area contributed by atoms with Crippen molar-refractivity contribution in [1.82, 2.24) is 0 Å². The van der Waals surface area contributed by atoms with Crippen LogP contribution in [0.3, 0.4) is 0 Å². The van der Waals surface area contributed by atoms with Crippen molar-refractivity contribution >= 4 is 0 Å². The SMILES string of the molecule is COc1ccc(-c2ccc(OC(C)C)c(C#N)c2)cc1OC. The van der Waals surface area contributed by atoms with Crippen LogP contribution in [-0.4, -0.2) is 20.3 Å².